The summed E-state index contributed by atoms with van der Waals surface area (Å²) in [4.78, 5) is 0. The van der Waals surface area contributed by atoms with Gasteiger partial charge in [0, 0.05) is 0 Å². The third kappa shape index (κ3) is 2.44. The zero-order valence-corrected chi connectivity index (χ0v) is 15.8. The molecule has 3 heteroatoms. The molecule has 1 heterocycles. The Morgan fingerprint density at radius 1 is 1.08 bits per heavy atom. The average Bonchev–Trinajstić information content (AvgIpc) is 3.30. The Kier molecular flexibility index (Phi) is 3.53. The lowest BCUT2D eigenvalue weighted by Gasteiger charge is -2.10. The molecule has 3 aliphatic rings. The van der Waals surface area contributed by atoms with Crippen LogP contribution < -0.4 is 9.47 Å². The van der Waals surface area contributed by atoms with Gasteiger partial charge in [-0.05, 0) is 82.4 Å². The van der Waals surface area contributed by atoms with Crippen LogP contribution in [0.2, 0.25) is 0 Å². The molecule has 0 atom stereocenters. The van der Waals surface area contributed by atoms with Gasteiger partial charge in [0.05, 0.1) is 4.47 Å². The van der Waals surface area contributed by atoms with Crippen molar-refractivity contribution in [1.29, 1.82) is 0 Å². The summed E-state index contributed by atoms with van der Waals surface area (Å²) in [6.07, 6.45) is 6.68. The molecule has 0 spiro atoms. The number of benzene rings is 2. The zero-order valence-electron chi connectivity index (χ0n) is 14.2. The van der Waals surface area contributed by atoms with Crippen LogP contribution in [0.3, 0.4) is 0 Å². The SMILES string of the molecule is CC1=C(CCC2=Cc3ccccc3C2)c2cc3c(c(Br)c2C1)OCO3. The number of halogens is 1. The summed E-state index contributed by atoms with van der Waals surface area (Å²) < 4.78 is 12.3. The molecule has 126 valence electrons. The van der Waals surface area contributed by atoms with Gasteiger partial charge in [0.15, 0.2) is 11.5 Å². The van der Waals surface area contributed by atoms with E-state index in [2.05, 4.69) is 59.3 Å². The van der Waals surface area contributed by atoms with E-state index in [9.17, 15) is 0 Å². The topological polar surface area (TPSA) is 18.5 Å². The fourth-order valence-corrected chi connectivity index (χ4v) is 4.89. The Morgan fingerprint density at radius 3 is 2.84 bits per heavy atom. The first kappa shape index (κ1) is 15.3. The molecule has 0 radical (unpaired) electrons. The van der Waals surface area contributed by atoms with Gasteiger partial charge in [-0.1, -0.05) is 41.5 Å². The highest BCUT2D eigenvalue weighted by atomic mass is 79.9. The van der Waals surface area contributed by atoms with Crippen molar-refractivity contribution >= 4 is 27.6 Å². The van der Waals surface area contributed by atoms with Gasteiger partial charge in [0.1, 0.15) is 0 Å². The van der Waals surface area contributed by atoms with Gasteiger partial charge < -0.3 is 9.47 Å². The zero-order chi connectivity index (χ0) is 17.0. The van der Waals surface area contributed by atoms with Gasteiger partial charge in [0.25, 0.3) is 0 Å². The van der Waals surface area contributed by atoms with Gasteiger partial charge in [-0.15, -0.1) is 0 Å². The van der Waals surface area contributed by atoms with Crippen molar-refractivity contribution in [3.8, 4) is 11.5 Å². The van der Waals surface area contributed by atoms with Crippen molar-refractivity contribution < 1.29 is 9.47 Å². The maximum atomic E-state index is 5.62. The van der Waals surface area contributed by atoms with Crippen molar-refractivity contribution in [2.24, 2.45) is 0 Å². The molecule has 0 aromatic heterocycles. The van der Waals surface area contributed by atoms with E-state index in [0.717, 1.165) is 41.7 Å². The van der Waals surface area contributed by atoms with E-state index in [1.54, 1.807) is 0 Å². The van der Waals surface area contributed by atoms with E-state index in [0.29, 0.717) is 6.79 Å². The highest BCUT2D eigenvalue weighted by Crippen LogP contribution is 2.49. The molecule has 0 saturated carbocycles. The van der Waals surface area contributed by atoms with Crippen molar-refractivity contribution in [3.05, 3.63) is 68.2 Å². The van der Waals surface area contributed by atoms with Gasteiger partial charge in [-0.2, -0.15) is 0 Å². The van der Waals surface area contributed by atoms with E-state index in [4.69, 9.17) is 9.47 Å². The van der Waals surface area contributed by atoms with Crippen molar-refractivity contribution in [1.82, 2.24) is 0 Å². The predicted octanol–water partition coefficient (Wildman–Crippen LogP) is 5.93. The summed E-state index contributed by atoms with van der Waals surface area (Å²) >= 11 is 3.73. The van der Waals surface area contributed by atoms with Gasteiger partial charge >= 0.3 is 0 Å². The van der Waals surface area contributed by atoms with Gasteiger partial charge in [-0.25, -0.2) is 0 Å². The lowest BCUT2D eigenvalue weighted by atomic mass is 9.97. The van der Waals surface area contributed by atoms with Crippen molar-refractivity contribution in [3.63, 3.8) is 0 Å². The minimum Gasteiger partial charge on any atom is -0.454 e. The second-order valence-electron chi connectivity index (χ2n) is 7.06. The van der Waals surface area contributed by atoms with E-state index in [-0.39, 0.29) is 0 Å². The van der Waals surface area contributed by atoms with Crippen LogP contribution in [0.4, 0.5) is 0 Å². The molecule has 5 rings (SSSR count). The van der Waals surface area contributed by atoms with Crippen LogP contribution in [-0.2, 0) is 12.8 Å². The summed E-state index contributed by atoms with van der Waals surface area (Å²) in [5.41, 5.74) is 10.0. The molecule has 2 aliphatic carbocycles. The summed E-state index contributed by atoms with van der Waals surface area (Å²) in [5.74, 6) is 1.73. The number of rotatable bonds is 3. The largest absolute Gasteiger partial charge is 0.454 e. The molecule has 0 unspecified atom stereocenters. The second-order valence-corrected chi connectivity index (χ2v) is 7.86. The minimum atomic E-state index is 0.319. The normalized spacial score (nSPS) is 17.0. The Morgan fingerprint density at radius 2 is 1.96 bits per heavy atom. The van der Waals surface area contributed by atoms with Crippen LogP contribution in [0.25, 0.3) is 11.6 Å². The van der Waals surface area contributed by atoms with Crippen LogP contribution in [0.1, 0.15) is 42.0 Å². The minimum absolute atomic E-state index is 0.319. The molecule has 2 nitrogen and oxygen atoms in total. The molecule has 1 aliphatic heterocycles. The second kappa shape index (κ2) is 5.77. The van der Waals surface area contributed by atoms with Crippen LogP contribution >= 0.6 is 15.9 Å². The molecular formula is C22H19BrO2. The van der Waals surface area contributed by atoms with Gasteiger partial charge in [0.2, 0.25) is 6.79 Å². The first-order valence-electron chi connectivity index (χ1n) is 8.78. The standard InChI is InChI=1S/C22H19BrO2/c1-13-8-19-18(11-20-22(21(19)23)25-12-24-20)17(13)7-6-14-9-15-4-2-3-5-16(15)10-14/h2-5,9,11H,6-8,10,12H2,1H3. The van der Waals surface area contributed by atoms with Crippen LogP contribution in [0, 0.1) is 0 Å². The molecule has 0 N–H and O–H groups in total. The lowest BCUT2D eigenvalue weighted by Crippen LogP contribution is -1.93. The summed E-state index contributed by atoms with van der Waals surface area (Å²) in [6.45, 7) is 2.58. The third-order valence-electron chi connectivity index (χ3n) is 5.52. The molecular weight excluding hydrogens is 376 g/mol. The molecule has 0 fully saturated rings. The molecule has 0 bridgehead atoms. The van der Waals surface area contributed by atoms with E-state index in [1.165, 1.54) is 39.0 Å². The Bertz CT molecular complexity index is 953. The fraction of sp³-hybridized carbons (Fsp3) is 0.273. The first-order chi connectivity index (χ1) is 12.2. The van der Waals surface area contributed by atoms with E-state index < -0.39 is 0 Å². The fourth-order valence-electron chi connectivity index (χ4n) is 4.23. The molecule has 25 heavy (non-hydrogen) atoms. The first-order valence-corrected chi connectivity index (χ1v) is 9.57. The van der Waals surface area contributed by atoms with Crippen LogP contribution in [0.5, 0.6) is 11.5 Å². The number of allylic oxidation sites excluding steroid dienone is 3. The average molecular weight is 395 g/mol. The molecule has 0 saturated heterocycles. The quantitative estimate of drug-likeness (QED) is 0.642. The van der Waals surface area contributed by atoms with E-state index in [1.807, 2.05) is 0 Å². The number of hydrogen-bond donors (Lipinski definition) is 0. The monoisotopic (exact) mass is 394 g/mol. The van der Waals surface area contributed by atoms with Crippen molar-refractivity contribution in [2.75, 3.05) is 6.79 Å². The number of hydrogen-bond acceptors (Lipinski definition) is 2. The highest BCUT2D eigenvalue weighted by Gasteiger charge is 2.28. The lowest BCUT2D eigenvalue weighted by molar-refractivity contribution is 0.173. The van der Waals surface area contributed by atoms with Gasteiger partial charge in [-0.3, -0.25) is 0 Å². The Hall–Kier alpha value is -2.00. The smallest absolute Gasteiger partial charge is 0.231 e. The third-order valence-corrected chi connectivity index (χ3v) is 6.36. The molecule has 2 aromatic carbocycles. The van der Waals surface area contributed by atoms with Crippen molar-refractivity contribution in [2.45, 2.75) is 32.6 Å². The molecule has 2 aromatic rings. The van der Waals surface area contributed by atoms with Crippen LogP contribution in [-0.4, -0.2) is 6.79 Å². The Labute approximate surface area is 156 Å². The summed E-state index contributed by atoms with van der Waals surface area (Å²) in [6, 6.07) is 10.9. The maximum absolute atomic E-state index is 5.62. The Balaban J connectivity index is 1.40. The van der Waals surface area contributed by atoms with Crippen LogP contribution in [0.15, 0.2) is 46.0 Å². The maximum Gasteiger partial charge on any atom is 0.231 e. The summed E-state index contributed by atoms with van der Waals surface area (Å²) in [5, 5.41) is 0. The highest BCUT2D eigenvalue weighted by molar-refractivity contribution is 9.10. The number of fused-ring (bicyclic) bond motifs is 3. The van der Waals surface area contributed by atoms with E-state index >= 15 is 0 Å². The molecule has 0 amide bonds. The number of ether oxygens (including phenoxy) is 2. The predicted molar refractivity (Wildman–Crippen MR) is 104 cm³/mol. The summed E-state index contributed by atoms with van der Waals surface area (Å²) in [7, 11) is 0.